The molecule has 1 aromatic rings. The fourth-order valence-corrected chi connectivity index (χ4v) is 4.62. The average molecular weight is 424 g/mol. The van der Waals surface area contributed by atoms with Gasteiger partial charge in [-0.05, 0) is 50.8 Å². The number of ether oxygens (including phenoxy) is 2. The average Bonchev–Trinajstić information content (AvgIpc) is 2.68. The van der Waals surface area contributed by atoms with Gasteiger partial charge in [-0.1, -0.05) is 11.6 Å². The second kappa shape index (κ2) is 10.5. The van der Waals surface area contributed by atoms with Gasteiger partial charge in [-0.15, -0.1) is 0 Å². The zero-order valence-corrected chi connectivity index (χ0v) is 18.6. The van der Waals surface area contributed by atoms with E-state index in [1.807, 2.05) is 17.0 Å². The van der Waals surface area contributed by atoms with Gasteiger partial charge in [0, 0.05) is 50.7 Å². The van der Waals surface area contributed by atoms with Crippen LogP contribution < -0.4 is 10.1 Å². The van der Waals surface area contributed by atoms with E-state index < -0.39 is 0 Å². The summed E-state index contributed by atoms with van der Waals surface area (Å²) in [7, 11) is 1.63. The lowest BCUT2D eigenvalue weighted by Crippen LogP contribution is -2.48. The minimum atomic E-state index is 0.213. The van der Waals surface area contributed by atoms with Crippen LogP contribution in [0.4, 0.5) is 5.69 Å². The van der Waals surface area contributed by atoms with Crippen LogP contribution in [-0.4, -0.2) is 74.3 Å². The number of hydrogen-bond donors (Lipinski definition) is 1. The van der Waals surface area contributed by atoms with Crippen molar-refractivity contribution in [2.24, 2.45) is 5.92 Å². The molecule has 0 aliphatic carbocycles. The first-order valence-corrected chi connectivity index (χ1v) is 11.1. The Kier molecular flexibility index (Phi) is 8.04. The first kappa shape index (κ1) is 22.2. The molecular weight excluding hydrogens is 390 g/mol. The third-order valence-corrected chi connectivity index (χ3v) is 6.03. The predicted molar refractivity (Wildman–Crippen MR) is 117 cm³/mol. The number of hydrogen-bond acceptors (Lipinski definition) is 5. The molecule has 1 N–H and O–H groups in total. The largest absolute Gasteiger partial charge is 0.495 e. The molecule has 2 fully saturated rings. The summed E-state index contributed by atoms with van der Waals surface area (Å²) >= 11 is 6.06. The lowest BCUT2D eigenvalue weighted by atomic mass is 9.95. The number of anilines is 1. The standard InChI is InChI=1S/C22H34ClN3O3/c1-16-13-25(14-17(2)29-16)15-18-7-10-26(11-8-18)22(27)6-9-24-20-12-19(23)4-5-21(20)28-3/h4-5,12,16-18,24H,6-11,13-15H2,1-3H3. The van der Waals surface area contributed by atoms with Crippen LogP contribution in [0.15, 0.2) is 18.2 Å². The second-order valence-corrected chi connectivity index (χ2v) is 8.76. The van der Waals surface area contributed by atoms with Crippen molar-refractivity contribution in [2.45, 2.75) is 45.3 Å². The number of likely N-dealkylation sites (tertiary alicyclic amines) is 1. The predicted octanol–water partition coefficient (Wildman–Crippen LogP) is 3.50. The van der Waals surface area contributed by atoms with Gasteiger partial charge in [0.1, 0.15) is 5.75 Å². The maximum atomic E-state index is 12.6. The van der Waals surface area contributed by atoms with Gasteiger partial charge in [0.05, 0.1) is 25.0 Å². The van der Waals surface area contributed by atoms with E-state index in [-0.39, 0.29) is 5.91 Å². The molecular formula is C22H34ClN3O3. The molecule has 0 saturated carbocycles. The highest BCUT2D eigenvalue weighted by molar-refractivity contribution is 6.30. The molecule has 2 unspecified atom stereocenters. The number of rotatable bonds is 7. The lowest BCUT2D eigenvalue weighted by molar-refractivity contribution is -0.132. The molecule has 2 aliphatic heterocycles. The minimum absolute atomic E-state index is 0.213. The Morgan fingerprint density at radius 3 is 2.59 bits per heavy atom. The minimum Gasteiger partial charge on any atom is -0.495 e. The molecule has 2 aliphatic rings. The maximum absolute atomic E-state index is 12.6. The number of carbonyl (C=O) groups excluding carboxylic acids is 1. The number of nitrogens with one attached hydrogen (secondary N) is 1. The van der Waals surface area contributed by atoms with E-state index in [4.69, 9.17) is 21.1 Å². The Hall–Kier alpha value is -1.50. The number of amides is 1. The summed E-state index contributed by atoms with van der Waals surface area (Å²) in [4.78, 5) is 17.1. The molecule has 1 aromatic carbocycles. The second-order valence-electron chi connectivity index (χ2n) is 8.32. The highest BCUT2D eigenvalue weighted by Crippen LogP contribution is 2.27. The van der Waals surface area contributed by atoms with Gasteiger partial charge >= 0.3 is 0 Å². The van der Waals surface area contributed by atoms with Crippen molar-refractivity contribution in [3.05, 3.63) is 23.2 Å². The molecule has 29 heavy (non-hydrogen) atoms. The maximum Gasteiger partial charge on any atom is 0.224 e. The molecule has 2 saturated heterocycles. The molecule has 0 aromatic heterocycles. The fourth-order valence-electron chi connectivity index (χ4n) is 4.44. The number of carbonyl (C=O) groups is 1. The number of piperidine rings is 1. The van der Waals surface area contributed by atoms with Crippen LogP contribution in [0.3, 0.4) is 0 Å². The van der Waals surface area contributed by atoms with Gasteiger partial charge in [-0.2, -0.15) is 0 Å². The van der Waals surface area contributed by atoms with Crippen molar-refractivity contribution in [1.29, 1.82) is 0 Å². The Morgan fingerprint density at radius 1 is 1.24 bits per heavy atom. The van der Waals surface area contributed by atoms with E-state index in [0.29, 0.717) is 36.1 Å². The molecule has 0 bridgehead atoms. The smallest absolute Gasteiger partial charge is 0.224 e. The number of benzene rings is 1. The van der Waals surface area contributed by atoms with Crippen LogP contribution >= 0.6 is 11.6 Å². The Morgan fingerprint density at radius 2 is 1.93 bits per heavy atom. The summed E-state index contributed by atoms with van der Waals surface area (Å²) in [5.41, 5.74) is 0.820. The van der Waals surface area contributed by atoms with Crippen molar-refractivity contribution >= 4 is 23.2 Å². The molecule has 0 spiro atoms. The van der Waals surface area contributed by atoms with Crippen molar-refractivity contribution in [2.75, 3.05) is 51.7 Å². The molecule has 7 heteroatoms. The normalized spacial score (nSPS) is 23.8. The van der Waals surface area contributed by atoms with E-state index in [9.17, 15) is 4.79 Å². The quantitative estimate of drug-likeness (QED) is 0.727. The molecule has 2 heterocycles. The van der Waals surface area contributed by atoms with E-state index in [1.165, 1.54) is 0 Å². The van der Waals surface area contributed by atoms with Crippen LogP contribution in [0, 0.1) is 5.92 Å². The van der Waals surface area contributed by atoms with E-state index in [2.05, 4.69) is 24.1 Å². The van der Waals surface area contributed by atoms with E-state index in [1.54, 1.807) is 13.2 Å². The van der Waals surface area contributed by atoms with Crippen LogP contribution in [-0.2, 0) is 9.53 Å². The summed E-state index contributed by atoms with van der Waals surface area (Å²) in [6.45, 7) is 9.74. The number of methoxy groups -OCH3 is 1. The third-order valence-electron chi connectivity index (χ3n) is 5.79. The van der Waals surface area contributed by atoms with Crippen LogP contribution in [0.2, 0.25) is 5.02 Å². The molecule has 0 radical (unpaired) electrons. The number of morpholine rings is 1. The summed E-state index contributed by atoms with van der Waals surface area (Å²) < 4.78 is 11.2. The summed E-state index contributed by atoms with van der Waals surface area (Å²) in [5, 5.41) is 3.91. The zero-order valence-electron chi connectivity index (χ0n) is 17.8. The Labute approximate surface area is 179 Å². The third kappa shape index (κ3) is 6.49. The fraction of sp³-hybridized carbons (Fsp3) is 0.682. The lowest BCUT2D eigenvalue weighted by Gasteiger charge is -2.39. The zero-order chi connectivity index (χ0) is 20.8. The first-order chi connectivity index (χ1) is 13.9. The first-order valence-electron chi connectivity index (χ1n) is 10.7. The van der Waals surface area contributed by atoms with Gasteiger partial charge in [-0.25, -0.2) is 0 Å². The van der Waals surface area contributed by atoms with Gasteiger partial charge in [0.25, 0.3) is 0 Å². The molecule has 3 rings (SSSR count). The van der Waals surface area contributed by atoms with Gasteiger partial charge in [0.2, 0.25) is 5.91 Å². The highest BCUT2D eigenvalue weighted by atomic mass is 35.5. The van der Waals surface area contributed by atoms with Crippen LogP contribution in [0.25, 0.3) is 0 Å². The molecule has 6 nitrogen and oxygen atoms in total. The van der Waals surface area contributed by atoms with E-state index >= 15 is 0 Å². The van der Waals surface area contributed by atoms with Crippen molar-refractivity contribution in [3.63, 3.8) is 0 Å². The van der Waals surface area contributed by atoms with Gasteiger partial charge < -0.3 is 19.7 Å². The van der Waals surface area contributed by atoms with Gasteiger partial charge in [0.15, 0.2) is 0 Å². The summed E-state index contributed by atoms with van der Waals surface area (Å²) in [6.07, 6.45) is 3.26. The molecule has 1 amide bonds. The van der Waals surface area contributed by atoms with Crippen molar-refractivity contribution < 1.29 is 14.3 Å². The topological polar surface area (TPSA) is 54.0 Å². The highest BCUT2D eigenvalue weighted by Gasteiger charge is 2.27. The Bertz CT molecular complexity index is 669. The number of nitrogens with zero attached hydrogens (tertiary/aromatic N) is 2. The Balaban J connectivity index is 1.38. The number of halogens is 1. The summed E-state index contributed by atoms with van der Waals surface area (Å²) in [5.74, 6) is 1.62. The van der Waals surface area contributed by atoms with Gasteiger partial charge in [-0.3, -0.25) is 9.69 Å². The molecule has 2 atom stereocenters. The van der Waals surface area contributed by atoms with Crippen LogP contribution in [0.1, 0.15) is 33.1 Å². The summed E-state index contributed by atoms with van der Waals surface area (Å²) in [6, 6.07) is 5.44. The van der Waals surface area contributed by atoms with Crippen molar-refractivity contribution in [3.8, 4) is 5.75 Å². The van der Waals surface area contributed by atoms with Crippen molar-refractivity contribution in [1.82, 2.24) is 9.80 Å². The van der Waals surface area contributed by atoms with Crippen LogP contribution in [0.5, 0.6) is 5.75 Å². The molecule has 162 valence electrons. The van der Waals surface area contributed by atoms with E-state index in [0.717, 1.165) is 57.0 Å². The monoisotopic (exact) mass is 423 g/mol. The SMILES string of the molecule is COc1ccc(Cl)cc1NCCC(=O)N1CCC(CN2CC(C)OC(C)C2)CC1.